The molecule has 3 aromatic rings. The Hall–Kier alpha value is -2.42. The highest BCUT2D eigenvalue weighted by atomic mass is 35.5. The molecule has 2 N–H and O–H groups in total. The number of hydrogen-bond donors (Lipinski definition) is 2. The Labute approximate surface area is 165 Å². The maximum Gasteiger partial charge on any atom is 0.275 e. The van der Waals surface area contributed by atoms with Gasteiger partial charge in [-0.05, 0) is 30.3 Å². The number of carbonyl (C=O) groups excluding carboxylic acids is 1. The van der Waals surface area contributed by atoms with Crippen LogP contribution in [0.15, 0.2) is 52.7 Å². The maximum absolute atomic E-state index is 12.5. The van der Waals surface area contributed by atoms with Crippen LogP contribution in [0.1, 0.15) is 17.4 Å². The van der Waals surface area contributed by atoms with Crippen LogP contribution in [0, 0.1) is 0 Å². The molecule has 0 fully saturated rings. The SMILES string of the molecule is CCS(=O)(=O)c1ccc(O)c(NC(=O)c2csc(-c3cccc(Cl)c3)n2)c1. The molecular weight excluding hydrogens is 408 g/mol. The van der Waals surface area contributed by atoms with E-state index in [9.17, 15) is 18.3 Å². The van der Waals surface area contributed by atoms with Crippen molar-refractivity contribution in [3.63, 3.8) is 0 Å². The Morgan fingerprint density at radius 1 is 1.26 bits per heavy atom. The van der Waals surface area contributed by atoms with Crippen LogP contribution in [-0.2, 0) is 9.84 Å². The van der Waals surface area contributed by atoms with Crippen molar-refractivity contribution < 1.29 is 18.3 Å². The first-order valence-corrected chi connectivity index (χ1v) is 10.8. The molecular formula is C18H15ClN2O4S2. The molecule has 0 saturated carbocycles. The van der Waals surface area contributed by atoms with Gasteiger partial charge in [0.1, 0.15) is 16.5 Å². The van der Waals surface area contributed by atoms with Gasteiger partial charge < -0.3 is 10.4 Å². The highest BCUT2D eigenvalue weighted by Crippen LogP contribution is 2.29. The minimum absolute atomic E-state index is 0.00632. The second-order valence-electron chi connectivity index (χ2n) is 5.58. The normalized spacial score (nSPS) is 11.3. The molecule has 0 atom stereocenters. The summed E-state index contributed by atoms with van der Waals surface area (Å²) < 4.78 is 24.0. The Kier molecular flexibility index (Phi) is 5.50. The van der Waals surface area contributed by atoms with E-state index in [2.05, 4.69) is 10.3 Å². The second-order valence-corrected chi connectivity index (χ2v) is 9.16. The first kappa shape index (κ1) is 19.3. The molecule has 1 amide bonds. The fourth-order valence-electron chi connectivity index (χ4n) is 2.29. The summed E-state index contributed by atoms with van der Waals surface area (Å²) in [4.78, 5) is 16.8. The number of benzene rings is 2. The van der Waals surface area contributed by atoms with E-state index < -0.39 is 15.7 Å². The lowest BCUT2D eigenvalue weighted by Crippen LogP contribution is -2.13. The van der Waals surface area contributed by atoms with Gasteiger partial charge in [-0.3, -0.25) is 4.79 Å². The van der Waals surface area contributed by atoms with E-state index in [1.54, 1.807) is 23.6 Å². The molecule has 0 spiro atoms. The van der Waals surface area contributed by atoms with Crippen LogP contribution >= 0.6 is 22.9 Å². The number of nitrogens with one attached hydrogen (secondary N) is 1. The molecule has 0 radical (unpaired) electrons. The smallest absolute Gasteiger partial charge is 0.275 e. The van der Waals surface area contributed by atoms with Crippen LogP contribution in [0.25, 0.3) is 10.6 Å². The van der Waals surface area contributed by atoms with Gasteiger partial charge in [0.15, 0.2) is 9.84 Å². The molecule has 1 aromatic heterocycles. The molecule has 2 aromatic carbocycles. The van der Waals surface area contributed by atoms with Gasteiger partial charge in [-0.1, -0.05) is 30.7 Å². The number of rotatable bonds is 5. The third kappa shape index (κ3) is 4.29. The lowest BCUT2D eigenvalue weighted by atomic mass is 10.2. The van der Waals surface area contributed by atoms with Crippen molar-refractivity contribution in [1.29, 1.82) is 0 Å². The number of amides is 1. The number of halogens is 1. The van der Waals surface area contributed by atoms with Gasteiger partial charge >= 0.3 is 0 Å². The molecule has 0 aliphatic carbocycles. The standard InChI is InChI=1S/C18H15ClN2O4S2/c1-2-27(24,25)13-6-7-16(22)14(9-13)20-17(23)15-10-26-18(21-15)11-4-3-5-12(19)8-11/h3-10,22H,2H2,1H3,(H,20,23). The van der Waals surface area contributed by atoms with Crippen molar-refractivity contribution in [1.82, 2.24) is 4.98 Å². The summed E-state index contributed by atoms with van der Waals surface area (Å²) in [5.74, 6) is -0.871. The van der Waals surface area contributed by atoms with Crippen LogP contribution in [0.2, 0.25) is 5.02 Å². The lowest BCUT2D eigenvalue weighted by molar-refractivity contribution is 0.102. The van der Waals surface area contributed by atoms with Crippen molar-refractivity contribution in [3.8, 4) is 16.3 Å². The second kappa shape index (κ2) is 7.67. The maximum atomic E-state index is 12.5. The number of phenols is 1. The molecule has 0 aliphatic heterocycles. The predicted octanol–water partition coefficient (Wildman–Crippen LogP) is 4.22. The average Bonchev–Trinajstić information content (AvgIpc) is 3.13. The van der Waals surface area contributed by atoms with Crippen molar-refractivity contribution in [2.45, 2.75) is 11.8 Å². The van der Waals surface area contributed by atoms with Gasteiger partial charge in [0, 0.05) is 16.0 Å². The monoisotopic (exact) mass is 422 g/mol. The summed E-state index contributed by atoms with van der Waals surface area (Å²) in [5.41, 5.74) is 0.940. The zero-order valence-corrected chi connectivity index (χ0v) is 16.5. The number of hydrogen-bond acceptors (Lipinski definition) is 6. The van der Waals surface area contributed by atoms with Crippen molar-refractivity contribution in [2.75, 3.05) is 11.1 Å². The van der Waals surface area contributed by atoms with Crippen LogP contribution in [0.4, 0.5) is 5.69 Å². The fraction of sp³-hybridized carbons (Fsp3) is 0.111. The number of aromatic nitrogens is 1. The summed E-state index contributed by atoms with van der Waals surface area (Å²) in [6.45, 7) is 1.52. The lowest BCUT2D eigenvalue weighted by Gasteiger charge is -2.08. The van der Waals surface area contributed by atoms with Crippen molar-refractivity contribution >= 4 is 44.4 Å². The summed E-state index contributed by atoms with van der Waals surface area (Å²) in [7, 11) is -3.46. The molecule has 0 bridgehead atoms. The van der Waals surface area contributed by atoms with E-state index in [-0.39, 0.29) is 27.8 Å². The molecule has 0 aliphatic rings. The quantitative estimate of drug-likeness (QED) is 0.600. The number of phenolic OH excluding ortho intramolecular Hbond substituents is 1. The molecule has 0 saturated heterocycles. The Morgan fingerprint density at radius 3 is 2.74 bits per heavy atom. The van der Waals surface area contributed by atoms with E-state index in [4.69, 9.17) is 11.6 Å². The summed E-state index contributed by atoms with van der Waals surface area (Å²) in [5, 5.41) is 15.2. The topological polar surface area (TPSA) is 96.4 Å². The summed E-state index contributed by atoms with van der Waals surface area (Å²) in [6.07, 6.45) is 0. The largest absolute Gasteiger partial charge is 0.506 e. The van der Waals surface area contributed by atoms with Gasteiger partial charge in [0.2, 0.25) is 0 Å². The van der Waals surface area contributed by atoms with Crippen LogP contribution < -0.4 is 5.32 Å². The fourth-order valence-corrected chi connectivity index (χ4v) is 4.19. The van der Waals surface area contributed by atoms with E-state index in [1.807, 2.05) is 6.07 Å². The van der Waals surface area contributed by atoms with Gasteiger partial charge in [0.05, 0.1) is 16.3 Å². The molecule has 3 rings (SSSR count). The first-order chi connectivity index (χ1) is 12.8. The van der Waals surface area contributed by atoms with E-state index in [0.717, 1.165) is 5.56 Å². The Bertz CT molecular complexity index is 1110. The van der Waals surface area contributed by atoms with Crippen LogP contribution in [0.5, 0.6) is 5.75 Å². The zero-order chi connectivity index (χ0) is 19.6. The Balaban J connectivity index is 1.85. The van der Waals surface area contributed by atoms with Gasteiger partial charge in [0.25, 0.3) is 5.91 Å². The molecule has 140 valence electrons. The van der Waals surface area contributed by atoms with E-state index in [0.29, 0.717) is 10.0 Å². The van der Waals surface area contributed by atoms with E-state index in [1.165, 1.54) is 36.5 Å². The minimum atomic E-state index is -3.46. The van der Waals surface area contributed by atoms with Gasteiger partial charge in [-0.25, -0.2) is 13.4 Å². The molecule has 1 heterocycles. The third-order valence-electron chi connectivity index (χ3n) is 3.76. The zero-order valence-electron chi connectivity index (χ0n) is 14.1. The highest BCUT2D eigenvalue weighted by molar-refractivity contribution is 7.91. The number of thiazole rings is 1. The van der Waals surface area contributed by atoms with E-state index >= 15 is 0 Å². The molecule has 9 heteroatoms. The van der Waals surface area contributed by atoms with Crippen LogP contribution in [0.3, 0.4) is 0 Å². The third-order valence-corrected chi connectivity index (χ3v) is 6.62. The predicted molar refractivity (Wildman–Crippen MR) is 106 cm³/mol. The number of anilines is 1. The summed E-state index contributed by atoms with van der Waals surface area (Å²) in [6, 6.07) is 10.9. The van der Waals surface area contributed by atoms with Crippen LogP contribution in [-0.4, -0.2) is 30.2 Å². The minimum Gasteiger partial charge on any atom is -0.506 e. The van der Waals surface area contributed by atoms with Crippen molar-refractivity contribution in [2.24, 2.45) is 0 Å². The molecule has 6 nitrogen and oxygen atoms in total. The number of aromatic hydroxyl groups is 1. The van der Waals surface area contributed by atoms with Gasteiger partial charge in [-0.15, -0.1) is 11.3 Å². The number of sulfone groups is 1. The molecule has 0 unspecified atom stereocenters. The average molecular weight is 423 g/mol. The van der Waals surface area contributed by atoms with Gasteiger partial charge in [-0.2, -0.15) is 0 Å². The first-order valence-electron chi connectivity index (χ1n) is 7.89. The number of nitrogens with zero attached hydrogens (tertiary/aromatic N) is 1. The highest BCUT2D eigenvalue weighted by Gasteiger charge is 2.17. The summed E-state index contributed by atoms with van der Waals surface area (Å²) >= 11 is 7.25. The Morgan fingerprint density at radius 2 is 2.04 bits per heavy atom. The molecule has 27 heavy (non-hydrogen) atoms. The number of carbonyl (C=O) groups is 1. The van der Waals surface area contributed by atoms with Crippen molar-refractivity contribution in [3.05, 3.63) is 58.6 Å².